The summed E-state index contributed by atoms with van der Waals surface area (Å²) in [5, 5.41) is 17.4. The zero-order valence-electron chi connectivity index (χ0n) is 11.1. The molecule has 1 aliphatic heterocycles. The first-order chi connectivity index (χ1) is 9.19. The maximum Gasteiger partial charge on any atom is 0.321 e. The van der Waals surface area contributed by atoms with E-state index in [2.05, 4.69) is 10.2 Å². The number of carboxylic acid groups (broad SMARTS) is 1. The SMILES string of the molecule is CCc1nnc(CN2CC3CCCC3C2C(=O)O)o1. The van der Waals surface area contributed by atoms with Gasteiger partial charge in [0, 0.05) is 13.0 Å². The van der Waals surface area contributed by atoms with Gasteiger partial charge in [0.05, 0.1) is 6.54 Å². The number of aromatic nitrogens is 2. The molecule has 1 saturated heterocycles. The number of fused-ring (bicyclic) bond motifs is 1. The van der Waals surface area contributed by atoms with Crippen LogP contribution in [0.4, 0.5) is 0 Å². The third-order valence-electron chi connectivity index (χ3n) is 4.39. The van der Waals surface area contributed by atoms with Crippen molar-refractivity contribution < 1.29 is 14.3 Å². The number of hydrogen-bond acceptors (Lipinski definition) is 5. The summed E-state index contributed by atoms with van der Waals surface area (Å²) in [6.45, 7) is 3.25. The average molecular weight is 265 g/mol. The molecule has 2 heterocycles. The van der Waals surface area contributed by atoms with Crippen molar-refractivity contribution in [1.82, 2.24) is 15.1 Å². The van der Waals surface area contributed by atoms with Crippen molar-refractivity contribution in [2.75, 3.05) is 6.54 Å². The fraction of sp³-hybridized carbons (Fsp3) is 0.769. The van der Waals surface area contributed by atoms with Crippen LogP contribution < -0.4 is 0 Å². The normalized spacial score (nSPS) is 30.7. The molecule has 6 nitrogen and oxygen atoms in total. The van der Waals surface area contributed by atoms with Gasteiger partial charge in [-0.1, -0.05) is 13.3 Å². The number of carboxylic acids is 1. The minimum Gasteiger partial charge on any atom is -0.480 e. The fourth-order valence-corrected chi connectivity index (χ4v) is 3.56. The highest BCUT2D eigenvalue weighted by atomic mass is 16.4. The van der Waals surface area contributed by atoms with Crippen LogP contribution in [-0.4, -0.2) is 38.8 Å². The van der Waals surface area contributed by atoms with Crippen LogP contribution >= 0.6 is 0 Å². The molecule has 6 heteroatoms. The van der Waals surface area contributed by atoms with Gasteiger partial charge < -0.3 is 9.52 Å². The molecule has 3 atom stereocenters. The van der Waals surface area contributed by atoms with Crippen molar-refractivity contribution in [3.63, 3.8) is 0 Å². The van der Waals surface area contributed by atoms with Crippen LogP contribution in [0.1, 0.15) is 38.0 Å². The van der Waals surface area contributed by atoms with E-state index in [-0.39, 0.29) is 6.04 Å². The maximum atomic E-state index is 11.5. The summed E-state index contributed by atoms with van der Waals surface area (Å²) in [5.74, 6) is 1.25. The second kappa shape index (κ2) is 4.92. The second-order valence-corrected chi connectivity index (χ2v) is 5.51. The summed E-state index contributed by atoms with van der Waals surface area (Å²) >= 11 is 0. The van der Waals surface area contributed by atoms with E-state index in [1.165, 1.54) is 0 Å². The lowest BCUT2D eigenvalue weighted by Crippen LogP contribution is -2.39. The first-order valence-corrected chi connectivity index (χ1v) is 6.97. The number of rotatable bonds is 4. The monoisotopic (exact) mass is 265 g/mol. The summed E-state index contributed by atoms with van der Waals surface area (Å²) in [6, 6.07) is -0.385. The van der Waals surface area contributed by atoms with E-state index in [1.54, 1.807) is 0 Å². The Morgan fingerprint density at radius 2 is 2.21 bits per heavy atom. The van der Waals surface area contributed by atoms with Gasteiger partial charge in [-0.15, -0.1) is 10.2 Å². The lowest BCUT2D eigenvalue weighted by molar-refractivity contribution is -0.143. The molecule has 1 saturated carbocycles. The van der Waals surface area contributed by atoms with E-state index in [0.29, 0.717) is 36.6 Å². The van der Waals surface area contributed by atoms with Crippen LogP contribution in [0.5, 0.6) is 0 Å². The van der Waals surface area contributed by atoms with Gasteiger partial charge in [0.2, 0.25) is 11.8 Å². The van der Waals surface area contributed by atoms with Crippen LogP contribution in [0.3, 0.4) is 0 Å². The molecule has 1 aromatic heterocycles. The second-order valence-electron chi connectivity index (χ2n) is 5.51. The van der Waals surface area contributed by atoms with E-state index in [0.717, 1.165) is 25.8 Å². The molecule has 1 aromatic rings. The Bertz CT molecular complexity index is 473. The molecule has 1 N–H and O–H groups in total. The summed E-state index contributed by atoms with van der Waals surface area (Å²) < 4.78 is 5.49. The molecule has 0 amide bonds. The minimum atomic E-state index is -0.718. The van der Waals surface area contributed by atoms with Crippen molar-refractivity contribution >= 4 is 5.97 Å². The smallest absolute Gasteiger partial charge is 0.321 e. The van der Waals surface area contributed by atoms with Gasteiger partial charge in [-0.3, -0.25) is 9.69 Å². The van der Waals surface area contributed by atoms with Crippen LogP contribution in [0, 0.1) is 11.8 Å². The molecular formula is C13H19N3O3. The molecule has 3 rings (SSSR count). The molecule has 3 unspecified atom stereocenters. The lowest BCUT2D eigenvalue weighted by atomic mass is 9.94. The number of nitrogens with zero attached hydrogens (tertiary/aromatic N) is 3. The largest absolute Gasteiger partial charge is 0.480 e. The number of aryl methyl sites for hydroxylation is 1. The molecular weight excluding hydrogens is 246 g/mol. The Labute approximate surface area is 111 Å². The Morgan fingerprint density at radius 3 is 2.89 bits per heavy atom. The molecule has 1 aliphatic carbocycles. The highest BCUT2D eigenvalue weighted by Crippen LogP contribution is 2.42. The minimum absolute atomic E-state index is 0.297. The first kappa shape index (κ1) is 12.6. The molecule has 19 heavy (non-hydrogen) atoms. The number of hydrogen-bond donors (Lipinski definition) is 1. The van der Waals surface area contributed by atoms with Gasteiger partial charge in [-0.2, -0.15) is 0 Å². The number of aliphatic carboxylic acids is 1. The Kier molecular flexibility index (Phi) is 3.26. The summed E-state index contributed by atoms with van der Waals surface area (Å²) in [7, 11) is 0. The molecule has 0 radical (unpaired) electrons. The molecule has 0 spiro atoms. The van der Waals surface area contributed by atoms with E-state index in [1.807, 2.05) is 11.8 Å². The van der Waals surface area contributed by atoms with Crippen molar-refractivity contribution in [1.29, 1.82) is 0 Å². The highest BCUT2D eigenvalue weighted by molar-refractivity contribution is 5.74. The average Bonchev–Trinajstić information content (AvgIpc) is 3.03. The molecule has 104 valence electrons. The Hall–Kier alpha value is -1.43. The summed E-state index contributed by atoms with van der Waals surface area (Å²) in [4.78, 5) is 13.5. The Morgan fingerprint density at radius 1 is 1.42 bits per heavy atom. The van der Waals surface area contributed by atoms with Gasteiger partial charge >= 0.3 is 5.97 Å². The molecule has 2 aliphatic rings. The van der Waals surface area contributed by atoms with E-state index >= 15 is 0 Å². The van der Waals surface area contributed by atoms with E-state index in [4.69, 9.17) is 4.42 Å². The van der Waals surface area contributed by atoms with Gasteiger partial charge in [0.25, 0.3) is 0 Å². The third kappa shape index (κ3) is 2.25. The maximum absolute atomic E-state index is 11.5. The summed E-state index contributed by atoms with van der Waals surface area (Å²) in [5.41, 5.74) is 0. The predicted octanol–water partition coefficient (Wildman–Crippen LogP) is 1.32. The van der Waals surface area contributed by atoms with Crippen molar-refractivity contribution in [2.24, 2.45) is 11.8 Å². The zero-order valence-corrected chi connectivity index (χ0v) is 11.1. The third-order valence-corrected chi connectivity index (χ3v) is 4.39. The molecule has 0 aromatic carbocycles. The van der Waals surface area contributed by atoms with Gasteiger partial charge in [0.15, 0.2) is 0 Å². The van der Waals surface area contributed by atoms with Crippen LogP contribution in [0.25, 0.3) is 0 Å². The quantitative estimate of drug-likeness (QED) is 0.884. The van der Waals surface area contributed by atoms with Gasteiger partial charge in [-0.05, 0) is 24.7 Å². The van der Waals surface area contributed by atoms with Crippen LogP contribution in [-0.2, 0) is 17.8 Å². The Balaban J connectivity index is 1.74. The number of likely N-dealkylation sites (tertiary alicyclic amines) is 1. The van der Waals surface area contributed by atoms with Gasteiger partial charge in [0.1, 0.15) is 6.04 Å². The van der Waals surface area contributed by atoms with Crippen molar-refractivity contribution in [2.45, 2.75) is 45.2 Å². The number of carbonyl (C=O) groups is 1. The van der Waals surface area contributed by atoms with Crippen molar-refractivity contribution in [3.05, 3.63) is 11.8 Å². The van der Waals surface area contributed by atoms with Gasteiger partial charge in [-0.25, -0.2) is 0 Å². The van der Waals surface area contributed by atoms with E-state index < -0.39 is 5.97 Å². The van der Waals surface area contributed by atoms with E-state index in [9.17, 15) is 9.90 Å². The highest BCUT2D eigenvalue weighted by Gasteiger charge is 2.47. The summed E-state index contributed by atoms with van der Waals surface area (Å²) in [6.07, 6.45) is 4.05. The van der Waals surface area contributed by atoms with Crippen molar-refractivity contribution in [3.8, 4) is 0 Å². The van der Waals surface area contributed by atoms with Crippen LogP contribution in [0.2, 0.25) is 0 Å². The topological polar surface area (TPSA) is 79.5 Å². The van der Waals surface area contributed by atoms with Crippen LogP contribution in [0.15, 0.2) is 4.42 Å². The fourth-order valence-electron chi connectivity index (χ4n) is 3.56. The molecule has 0 bridgehead atoms. The zero-order chi connectivity index (χ0) is 13.4. The standard InChI is InChI=1S/C13H19N3O3/c1-2-10-14-15-11(19-10)7-16-6-8-4-3-5-9(8)12(16)13(17)18/h8-9,12H,2-7H2,1H3,(H,17,18). The lowest BCUT2D eigenvalue weighted by Gasteiger charge is -2.22. The molecule has 2 fully saturated rings. The first-order valence-electron chi connectivity index (χ1n) is 6.97. The predicted molar refractivity (Wildman–Crippen MR) is 66.3 cm³/mol.